The van der Waals surface area contributed by atoms with Gasteiger partial charge in [-0.2, -0.15) is 0 Å². The van der Waals surface area contributed by atoms with Crippen molar-refractivity contribution in [1.82, 2.24) is 10.3 Å². The van der Waals surface area contributed by atoms with Gasteiger partial charge in [-0.05, 0) is 47.3 Å². The smallest absolute Gasteiger partial charge is 0.329 e. The highest BCUT2D eigenvalue weighted by Gasteiger charge is 2.54. The van der Waals surface area contributed by atoms with Crippen LogP contribution in [0.2, 0.25) is 0 Å². The molecule has 0 spiro atoms. The molecule has 5 nitrogen and oxygen atoms in total. The largest absolute Gasteiger partial charge is 0.480 e. The van der Waals surface area contributed by atoms with Crippen LogP contribution in [0, 0.1) is 5.92 Å². The number of carbonyl (C=O) groups is 1. The number of ether oxygens (including phenoxy) is 1. The molecular formula is C13H15BrN2O3. The molecule has 0 amide bonds. The molecule has 0 aromatic carbocycles. The predicted octanol–water partition coefficient (Wildman–Crippen LogP) is 1.52. The summed E-state index contributed by atoms with van der Waals surface area (Å²) in [6, 6.07) is 2.09. The molecule has 6 heteroatoms. The lowest BCUT2D eigenvalue weighted by molar-refractivity contribution is -0.153. The van der Waals surface area contributed by atoms with Crippen molar-refractivity contribution in [3.8, 4) is 0 Å². The molecular weight excluding hydrogens is 312 g/mol. The number of fused-ring (bicyclic) bond motifs is 2. The number of hydrogen-bond acceptors (Lipinski definition) is 4. The third-order valence-electron chi connectivity index (χ3n) is 4.06. The molecule has 1 aromatic heterocycles. The topological polar surface area (TPSA) is 71.5 Å². The molecule has 3 unspecified atom stereocenters. The minimum absolute atomic E-state index is 0.176. The number of nitrogens with zero attached hydrogens (tertiary/aromatic N) is 1. The van der Waals surface area contributed by atoms with Gasteiger partial charge in [0.1, 0.15) is 12.2 Å². The van der Waals surface area contributed by atoms with Crippen LogP contribution in [0.25, 0.3) is 0 Å². The van der Waals surface area contributed by atoms with Crippen molar-refractivity contribution in [3.63, 3.8) is 0 Å². The zero-order valence-corrected chi connectivity index (χ0v) is 11.9. The van der Waals surface area contributed by atoms with E-state index in [4.69, 9.17) is 9.84 Å². The second kappa shape index (κ2) is 4.85. The van der Waals surface area contributed by atoms with E-state index in [0.717, 1.165) is 29.4 Å². The van der Waals surface area contributed by atoms with Crippen LogP contribution in [0.3, 0.4) is 0 Å². The maximum atomic E-state index is 10.9. The monoisotopic (exact) mass is 326 g/mol. The summed E-state index contributed by atoms with van der Waals surface area (Å²) in [6.07, 6.45) is 5.35. The van der Waals surface area contributed by atoms with Gasteiger partial charge in [0.25, 0.3) is 0 Å². The number of rotatable bonds is 4. The molecule has 2 bridgehead atoms. The van der Waals surface area contributed by atoms with Crippen molar-refractivity contribution in [2.45, 2.75) is 24.5 Å². The molecule has 19 heavy (non-hydrogen) atoms. The van der Waals surface area contributed by atoms with Crippen LogP contribution in [0.4, 0.5) is 0 Å². The first-order valence-electron chi connectivity index (χ1n) is 6.31. The molecule has 2 fully saturated rings. The Labute approximate surface area is 119 Å². The van der Waals surface area contributed by atoms with Gasteiger partial charge in [-0.1, -0.05) is 0 Å². The standard InChI is InChI=1S/C13H15BrN2O3/c14-10-6-15-2-1-9(10)13(19-7-12(17)18)4-8-3-11(13)16-5-8/h1-2,6,8,11,16H,3-5,7H2,(H,17,18). The lowest BCUT2D eigenvalue weighted by Gasteiger charge is -2.38. The summed E-state index contributed by atoms with van der Waals surface area (Å²) in [5.41, 5.74) is 0.437. The van der Waals surface area contributed by atoms with Crippen LogP contribution in [-0.2, 0) is 15.1 Å². The molecule has 2 heterocycles. The molecule has 1 aliphatic carbocycles. The van der Waals surface area contributed by atoms with Crippen LogP contribution in [0.1, 0.15) is 18.4 Å². The molecule has 1 saturated carbocycles. The van der Waals surface area contributed by atoms with Crippen molar-refractivity contribution < 1.29 is 14.6 Å². The number of aromatic nitrogens is 1. The van der Waals surface area contributed by atoms with Gasteiger partial charge in [-0.3, -0.25) is 4.98 Å². The van der Waals surface area contributed by atoms with E-state index in [2.05, 4.69) is 26.2 Å². The van der Waals surface area contributed by atoms with Crippen LogP contribution in [0.5, 0.6) is 0 Å². The summed E-state index contributed by atoms with van der Waals surface area (Å²) >= 11 is 3.50. The maximum absolute atomic E-state index is 10.9. The van der Waals surface area contributed by atoms with Crippen molar-refractivity contribution in [1.29, 1.82) is 0 Å². The van der Waals surface area contributed by atoms with E-state index in [1.54, 1.807) is 12.4 Å². The zero-order valence-electron chi connectivity index (χ0n) is 10.3. The number of aliphatic carboxylic acids is 1. The lowest BCUT2D eigenvalue weighted by Crippen LogP contribution is -2.49. The van der Waals surface area contributed by atoms with Gasteiger partial charge < -0.3 is 15.2 Å². The Bertz CT molecular complexity index is 510. The molecule has 1 aliphatic heterocycles. The van der Waals surface area contributed by atoms with Crippen LogP contribution < -0.4 is 5.32 Å². The Morgan fingerprint density at radius 3 is 3.11 bits per heavy atom. The zero-order chi connectivity index (χ0) is 13.5. The summed E-state index contributed by atoms with van der Waals surface area (Å²) in [6.45, 7) is 0.714. The van der Waals surface area contributed by atoms with Crippen LogP contribution in [0.15, 0.2) is 22.9 Å². The van der Waals surface area contributed by atoms with Gasteiger partial charge in [-0.25, -0.2) is 4.79 Å². The highest BCUT2D eigenvalue weighted by atomic mass is 79.9. The minimum atomic E-state index is -0.938. The van der Waals surface area contributed by atoms with Crippen LogP contribution >= 0.6 is 15.9 Å². The third kappa shape index (κ3) is 2.17. The van der Waals surface area contributed by atoms with Crippen molar-refractivity contribution in [2.75, 3.05) is 13.2 Å². The number of carboxylic acid groups (broad SMARTS) is 1. The predicted molar refractivity (Wildman–Crippen MR) is 71.7 cm³/mol. The van der Waals surface area contributed by atoms with Gasteiger partial charge >= 0.3 is 5.97 Å². The third-order valence-corrected chi connectivity index (χ3v) is 4.69. The molecule has 1 aromatic rings. The maximum Gasteiger partial charge on any atom is 0.329 e. The average Bonchev–Trinajstić information content (AvgIpc) is 2.98. The first kappa shape index (κ1) is 13.0. The lowest BCUT2D eigenvalue weighted by atomic mass is 9.86. The molecule has 1 saturated heterocycles. The quantitative estimate of drug-likeness (QED) is 0.877. The average molecular weight is 327 g/mol. The first-order chi connectivity index (χ1) is 9.12. The van der Waals surface area contributed by atoms with E-state index < -0.39 is 11.6 Å². The molecule has 2 N–H and O–H groups in total. The van der Waals surface area contributed by atoms with E-state index in [1.165, 1.54) is 0 Å². The molecule has 102 valence electrons. The van der Waals surface area contributed by atoms with Gasteiger partial charge in [0, 0.05) is 28.5 Å². The number of nitrogens with one attached hydrogen (secondary N) is 1. The second-order valence-corrected chi connectivity index (χ2v) is 6.05. The number of piperidine rings is 1. The van der Waals surface area contributed by atoms with Gasteiger partial charge in [0.15, 0.2) is 0 Å². The van der Waals surface area contributed by atoms with E-state index in [1.807, 2.05) is 6.07 Å². The van der Waals surface area contributed by atoms with Crippen molar-refractivity contribution in [3.05, 3.63) is 28.5 Å². The summed E-state index contributed by atoms with van der Waals surface area (Å²) in [5, 5.41) is 12.3. The molecule has 2 aliphatic rings. The number of hydrogen-bond donors (Lipinski definition) is 2. The number of pyridine rings is 1. The van der Waals surface area contributed by atoms with E-state index in [9.17, 15) is 4.79 Å². The fraction of sp³-hybridized carbons (Fsp3) is 0.538. The van der Waals surface area contributed by atoms with E-state index >= 15 is 0 Å². The summed E-state index contributed by atoms with van der Waals surface area (Å²) < 4.78 is 6.70. The Balaban J connectivity index is 1.97. The number of halogens is 1. The highest BCUT2D eigenvalue weighted by Crippen LogP contribution is 2.50. The Hall–Kier alpha value is -0.980. The van der Waals surface area contributed by atoms with E-state index in [-0.39, 0.29) is 12.6 Å². The summed E-state index contributed by atoms with van der Waals surface area (Å²) in [7, 11) is 0. The van der Waals surface area contributed by atoms with Crippen molar-refractivity contribution in [2.24, 2.45) is 5.92 Å². The Morgan fingerprint density at radius 1 is 1.68 bits per heavy atom. The highest BCUT2D eigenvalue weighted by molar-refractivity contribution is 9.10. The molecule has 3 rings (SSSR count). The SMILES string of the molecule is O=C(O)COC1(c2ccncc2Br)CC2CNC1C2. The Morgan fingerprint density at radius 2 is 2.53 bits per heavy atom. The van der Waals surface area contributed by atoms with Gasteiger partial charge in [0.05, 0.1) is 0 Å². The van der Waals surface area contributed by atoms with Crippen molar-refractivity contribution >= 4 is 21.9 Å². The molecule has 0 radical (unpaired) electrons. The van der Waals surface area contributed by atoms with E-state index in [0.29, 0.717) is 5.92 Å². The summed E-state index contributed by atoms with van der Waals surface area (Å²) in [5.74, 6) is -0.383. The summed E-state index contributed by atoms with van der Waals surface area (Å²) in [4.78, 5) is 14.9. The van der Waals surface area contributed by atoms with Gasteiger partial charge in [0.2, 0.25) is 0 Å². The Kier molecular flexibility index (Phi) is 3.32. The number of carboxylic acids is 1. The molecule has 3 atom stereocenters. The first-order valence-corrected chi connectivity index (χ1v) is 7.10. The van der Waals surface area contributed by atoms with Crippen LogP contribution in [-0.4, -0.2) is 35.3 Å². The normalized spacial score (nSPS) is 32.7. The fourth-order valence-corrected chi connectivity index (χ4v) is 3.92. The van der Waals surface area contributed by atoms with Gasteiger partial charge in [-0.15, -0.1) is 0 Å². The minimum Gasteiger partial charge on any atom is -0.480 e. The fourth-order valence-electron chi connectivity index (χ4n) is 3.33. The second-order valence-electron chi connectivity index (χ2n) is 5.19.